The van der Waals surface area contributed by atoms with Crippen LogP contribution >= 0.6 is 24.8 Å². The molecule has 38 heavy (non-hydrogen) atoms. The molecule has 0 aromatic heterocycles. The van der Waals surface area contributed by atoms with Crippen molar-refractivity contribution in [2.75, 3.05) is 19.6 Å². The van der Waals surface area contributed by atoms with Crippen molar-refractivity contribution in [1.29, 1.82) is 0 Å². The molecule has 0 bridgehead atoms. The Balaban J connectivity index is 0.00000253. The van der Waals surface area contributed by atoms with Crippen LogP contribution in [0.1, 0.15) is 50.8 Å². The monoisotopic (exact) mass is 566 g/mol. The number of non-ortho nitro benzene ring substituents is 1. The number of piperidine rings is 1. The van der Waals surface area contributed by atoms with Crippen molar-refractivity contribution in [2.45, 2.75) is 64.6 Å². The maximum absolute atomic E-state index is 13.2. The fourth-order valence-electron chi connectivity index (χ4n) is 5.56. The Bertz CT molecular complexity index is 1130. The number of halogens is 2. The van der Waals surface area contributed by atoms with Crippen LogP contribution in [0.2, 0.25) is 0 Å². The van der Waals surface area contributed by atoms with Gasteiger partial charge >= 0.3 is 0 Å². The highest BCUT2D eigenvalue weighted by Gasteiger charge is 2.39. The van der Waals surface area contributed by atoms with Crippen LogP contribution in [0.15, 0.2) is 42.5 Å². The molecule has 3 N–H and O–H groups in total. The second-order valence-corrected chi connectivity index (χ2v) is 11.1. The van der Waals surface area contributed by atoms with Gasteiger partial charge in [0, 0.05) is 37.8 Å². The fraction of sp³-hybridized carbons (Fsp3) is 0.536. The predicted molar refractivity (Wildman–Crippen MR) is 154 cm³/mol. The lowest BCUT2D eigenvalue weighted by atomic mass is 9.68. The van der Waals surface area contributed by atoms with E-state index in [1.54, 1.807) is 18.2 Å². The Labute approximate surface area is 237 Å². The number of rotatable bonds is 7. The molecular formula is C28H40Cl2N4O4. The maximum Gasteiger partial charge on any atom is 0.269 e. The van der Waals surface area contributed by atoms with Crippen molar-refractivity contribution in [1.82, 2.24) is 15.5 Å². The highest BCUT2D eigenvalue weighted by molar-refractivity contribution is 5.85. The lowest BCUT2D eigenvalue weighted by Crippen LogP contribution is -2.56. The topological polar surface area (TPSA) is 108 Å². The van der Waals surface area contributed by atoms with Crippen LogP contribution < -0.4 is 10.6 Å². The second kappa shape index (κ2) is 13.1. The van der Waals surface area contributed by atoms with Gasteiger partial charge < -0.3 is 20.6 Å². The lowest BCUT2D eigenvalue weighted by Gasteiger charge is -2.46. The smallest absolute Gasteiger partial charge is 0.269 e. The molecule has 0 radical (unpaired) electrons. The van der Waals surface area contributed by atoms with Gasteiger partial charge in [0.15, 0.2) is 0 Å². The number of nitro groups is 1. The zero-order valence-corrected chi connectivity index (χ0v) is 24.1. The average Bonchev–Trinajstić information content (AvgIpc) is 2.85. The zero-order valence-electron chi connectivity index (χ0n) is 22.5. The Kier molecular flexibility index (Phi) is 11.0. The highest BCUT2D eigenvalue weighted by Crippen LogP contribution is 2.40. The zero-order chi connectivity index (χ0) is 26.0. The number of aromatic hydroxyl groups is 1. The van der Waals surface area contributed by atoms with Gasteiger partial charge in [-0.1, -0.05) is 45.9 Å². The molecule has 0 aliphatic carbocycles. The van der Waals surface area contributed by atoms with Gasteiger partial charge in [-0.2, -0.15) is 0 Å². The van der Waals surface area contributed by atoms with E-state index in [-0.39, 0.29) is 64.7 Å². The Morgan fingerprint density at radius 3 is 2.61 bits per heavy atom. The summed E-state index contributed by atoms with van der Waals surface area (Å²) in [5, 5.41) is 27.6. The largest absolute Gasteiger partial charge is 0.508 e. The molecule has 0 spiro atoms. The van der Waals surface area contributed by atoms with Gasteiger partial charge in [-0.25, -0.2) is 0 Å². The first-order chi connectivity index (χ1) is 17.1. The van der Waals surface area contributed by atoms with Crippen molar-refractivity contribution >= 4 is 36.4 Å². The molecule has 210 valence electrons. The summed E-state index contributed by atoms with van der Waals surface area (Å²) in [7, 11) is 0. The van der Waals surface area contributed by atoms with Crippen LogP contribution in [0.5, 0.6) is 5.75 Å². The molecule has 2 aromatic carbocycles. The van der Waals surface area contributed by atoms with Crippen molar-refractivity contribution in [2.24, 2.45) is 11.8 Å². The third kappa shape index (κ3) is 6.97. The number of phenolic OH excluding ortho intramolecular Hbond substituents is 1. The van der Waals surface area contributed by atoms with E-state index in [1.165, 1.54) is 11.6 Å². The molecule has 0 saturated carbocycles. The number of carbonyl (C=O) groups is 1. The quantitative estimate of drug-likeness (QED) is 0.334. The summed E-state index contributed by atoms with van der Waals surface area (Å²) in [6.07, 6.45) is 1.51. The first kappa shape index (κ1) is 31.8. The number of likely N-dealkylation sites (tertiary alicyclic amines) is 1. The van der Waals surface area contributed by atoms with E-state index in [2.05, 4.69) is 49.3 Å². The molecule has 1 fully saturated rings. The molecule has 2 aliphatic rings. The van der Waals surface area contributed by atoms with Crippen molar-refractivity contribution in [3.8, 4) is 5.75 Å². The van der Waals surface area contributed by atoms with Crippen LogP contribution in [0, 0.1) is 22.0 Å². The summed E-state index contributed by atoms with van der Waals surface area (Å²) in [6, 6.07) is 12.2. The number of nitrogens with zero attached hydrogens (tertiary/aromatic N) is 2. The van der Waals surface area contributed by atoms with E-state index < -0.39 is 0 Å². The van der Waals surface area contributed by atoms with Crippen molar-refractivity contribution in [3.05, 3.63) is 69.3 Å². The Morgan fingerprint density at radius 2 is 1.97 bits per heavy atom. The molecule has 1 saturated heterocycles. The van der Waals surface area contributed by atoms with Crippen LogP contribution in [0.3, 0.4) is 0 Å². The standard InChI is InChI=1S/C28H38N4O4.2ClH/c1-18(2)26(17-31-11-10-28(4,19(3)16-31)22-6-5-7-24(33)14-22)30-27(34)25-13-20-8-9-23(32(35)36)12-21(20)15-29-25;;/h5-9,12,14,18-19,25-26,29,33H,10-11,13,15-17H2,1-4H3,(H,30,34);2*1H/t19-,25+,26+,28+;;/m0../s1. The predicted octanol–water partition coefficient (Wildman–Crippen LogP) is 4.60. The number of phenols is 1. The molecule has 1 amide bonds. The number of nitrogens with one attached hydrogen (secondary N) is 2. The summed E-state index contributed by atoms with van der Waals surface area (Å²) in [5.74, 6) is 0.967. The minimum atomic E-state index is -0.389. The van der Waals surface area contributed by atoms with E-state index in [1.807, 2.05) is 12.1 Å². The Hall–Kier alpha value is -2.39. The SMILES string of the molecule is CC(C)[C@@H](CN1CC[C@@](C)(c2cccc(O)c2)[C@@H](C)C1)NC(=O)[C@H]1Cc2ccc([N+](=O)[O-])cc2CN1.Cl.Cl. The summed E-state index contributed by atoms with van der Waals surface area (Å²) in [4.78, 5) is 26.3. The average molecular weight is 568 g/mol. The van der Waals surface area contributed by atoms with E-state index in [4.69, 9.17) is 0 Å². The molecule has 0 unspecified atom stereocenters. The normalized spacial score (nSPS) is 23.9. The van der Waals surface area contributed by atoms with Crippen LogP contribution in [-0.2, 0) is 23.2 Å². The number of nitro benzene ring substituents is 1. The van der Waals surface area contributed by atoms with E-state index in [0.717, 1.165) is 37.2 Å². The van der Waals surface area contributed by atoms with E-state index in [0.29, 0.717) is 24.6 Å². The molecular weight excluding hydrogens is 527 g/mol. The molecule has 8 nitrogen and oxygen atoms in total. The van der Waals surface area contributed by atoms with Crippen molar-refractivity contribution < 1.29 is 14.8 Å². The summed E-state index contributed by atoms with van der Waals surface area (Å²) < 4.78 is 0. The second-order valence-electron chi connectivity index (χ2n) is 11.1. The molecule has 4 rings (SSSR count). The van der Waals surface area contributed by atoms with Gasteiger partial charge in [0.05, 0.1) is 11.0 Å². The van der Waals surface area contributed by atoms with Gasteiger partial charge in [-0.3, -0.25) is 14.9 Å². The summed E-state index contributed by atoms with van der Waals surface area (Å²) >= 11 is 0. The Morgan fingerprint density at radius 1 is 1.24 bits per heavy atom. The van der Waals surface area contributed by atoms with Crippen LogP contribution in [0.4, 0.5) is 5.69 Å². The summed E-state index contributed by atoms with van der Waals surface area (Å²) in [6.45, 7) is 11.9. The minimum Gasteiger partial charge on any atom is -0.508 e. The number of benzene rings is 2. The van der Waals surface area contributed by atoms with Gasteiger partial charge in [0.1, 0.15) is 5.75 Å². The summed E-state index contributed by atoms with van der Waals surface area (Å²) in [5.41, 5.74) is 3.12. The number of carbonyl (C=O) groups excluding carboxylic acids is 1. The third-order valence-electron chi connectivity index (χ3n) is 8.34. The van der Waals surface area contributed by atoms with Gasteiger partial charge in [-0.05, 0) is 65.5 Å². The third-order valence-corrected chi connectivity index (χ3v) is 8.34. The fourth-order valence-corrected chi connectivity index (χ4v) is 5.56. The number of amides is 1. The molecule has 4 atom stereocenters. The molecule has 2 aliphatic heterocycles. The van der Waals surface area contributed by atoms with Crippen LogP contribution in [-0.4, -0.2) is 52.6 Å². The van der Waals surface area contributed by atoms with Gasteiger partial charge in [-0.15, -0.1) is 24.8 Å². The van der Waals surface area contributed by atoms with Crippen LogP contribution in [0.25, 0.3) is 0 Å². The minimum absolute atomic E-state index is 0. The maximum atomic E-state index is 13.2. The van der Waals surface area contributed by atoms with Crippen molar-refractivity contribution in [3.63, 3.8) is 0 Å². The number of hydrogen-bond acceptors (Lipinski definition) is 6. The van der Waals surface area contributed by atoms with E-state index in [9.17, 15) is 20.0 Å². The van der Waals surface area contributed by atoms with E-state index >= 15 is 0 Å². The lowest BCUT2D eigenvalue weighted by molar-refractivity contribution is -0.384. The van der Waals surface area contributed by atoms with Gasteiger partial charge in [0.2, 0.25) is 5.91 Å². The first-order valence-electron chi connectivity index (χ1n) is 12.9. The number of fused-ring (bicyclic) bond motifs is 1. The van der Waals surface area contributed by atoms with Gasteiger partial charge in [0.25, 0.3) is 5.69 Å². The highest BCUT2D eigenvalue weighted by atomic mass is 35.5. The molecule has 10 heteroatoms. The molecule has 2 heterocycles. The molecule has 2 aromatic rings. The number of hydrogen-bond donors (Lipinski definition) is 3. The first-order valence-corrected chi connectivity index (χ1v) is 12.9.